The monoisotopic (exact) mass is 309 g/mol. The fourth-order valence-electron chi connectivity index (χ4n) is 5.68. The van der Waals surface area contributed by atoms with Crippen molar-refractivity contribution in [2.75, 3.05) is 26.2 Å². The second kappa shape index (κ2) is 6.07. The summed E-state index contributed by atoms with van der Waals surface area (Å²) in [6.45, 7) is 13.0. The summed E-state index contributed by atoms with van der Waals surface area (Å²) in [5.74, 6) is 1.58. The molecule has 0 amide bonds. The van der Waals surface area contributed by atoms with Gasteiger partial charge in [0.15, 0.2) is 0 Å². The number of ether oxygens (including phenoxy) is 1. The van der Waals surface area contributed by atoms with Gasteiger partial charge in [-0.2, -0.15) is 0 Å². The quantitative estimate of drug-likeness (QED) is 0.846. The van der Waals surface area contributed by atoms with Crippen molar-refractivity contribution >= 4 is 0 Å². The van der Waals surface area contributed by atoms with E-state index in [1.54, 1.807) is 0 Å². The summed E-state index contributed by atoms with van der Waals surface area (Å²) < 4.78 is 6.31. The highest BCUT2D eigenvalue weighted by molar-refractivity contribution is 5.09. The Balaban J connectivity index is 1.49. The Morgan fingerprint density at radius 3 is 2.68 bits per heavy atom. The van der Waals surface area contributed by atoms with Crippen LogP contribution in [0.15, 0.2) is 0 Å². The molecule has 0 aromatic rings. The molecule has 0 aromatic carbocycles. The highest BCUT2D eigenvalue weighted by Gasteiger charge is 2.60. The van der Waals surface area contributed by atoms with E-state index in [1.807, 2.05) is 0 Å². The number of aliphatic hydroxyl groups is 1. The fraction of sp³-hybridized carbons (Fsp3) is 1.00. The van der Waals surface area contributed by atoms with Crippen molar-refractivity contribution in [1.29, 1.82) is 0 Å². The Morgan fingerprint density at radius 2 is 2.05 bits per heavy atom. The van der Waals surface area contributed by atoms with Gasteiger partial charge in [0.05, 0.1) is 18.8 Å². The molecular weight excluding hydrogens is 274 g/mol. The Hall–Kier alpha value is -0.120. The molecule has 2 saturated carbocycles. The van der Waals surface area contributed by atoms with E-state index in [4.69, 9.17) is 4.74 Å². The van der Waals surface area contributed by atoms with Gasteiger partial charge in [0.1, 0.15) is 0 Å². The first-order chi connectivity index (χ1) is 10.3. The molecule has 1 saturated heterocycles. The van der Waals surface area contributed by atoms with Crippen molar-refractivity contribution in [3.8, 4) is 0 Å². The maximum absolute atomic E-state index is 10.4. The molecule has 1 N–H and O–H groups in total. The van der Waals surface area contributed by atoms with Crippen LogP contribution < -0.4 is 0 Å². The molecular formula is C19H35NO2. The van der Waals surface area contributed by atoms with E-state index in [-0.39, 0.29) is 11.5 Å². The number of fused-ring (bicyclic) bond motifs is 2. The van der Waals surface area contributed by atoms with Crippen LogP contribution >= 0.6 is 0 Å². The van der Waals surface area contributed by atoms with Gasteiger partial charge in [0, 0.05) is 13.1 Å². The Labute approximate surface area is 136 Å². The summed E-state index contributed by atoms with van der Waals surface area (Å²) in [5.41, 5.74) is 0.611. The highest BCUT2D eigenvalue weighted by atomic mass is 16.5. The molecule has 0 unspecified atom stereocenters. The summed E-state index contributed by atoms with van der Waals surface area (Å²) in [4.78, 5) is 2.41. The normalized spacial score (nSPS) is 42.7. The minimum atomic E-state index is -0.344. The molecule has 3 rings (SSSR count). The van der Waals surface area contributed by atoms with Crippen LogP contribution in [0.25, 0.3) is 0 Å². The van der Waals surface area contributed by atoms with Crippen LogP contribution in [0.3, 0.4) is 0 Å². The maximum Gasteiger partial charge on any atom is 0.0900 e. The largest absolute Gasteiger partial charge is 0.389 e. The van der Waals surface area contributed by atoms with Crippen molar-refractivity contribution in [2.45, 2.75) is 72.0 Å². The van der Waals surface area contributed by atoms with E-state index >= 15 is 0 Å². The molecule has 5 atom stereocenters. The predicted molar refractivity (Wildman–Crippen MR) is 89.8 cm³/mol. The van der Waals surface area contributed by atoms with E-state index in [1.165, 1.54) is 32.1 Å². The van der Waals surface area contributed by atoms with Crippen molar-refractivity contribution in [1.82, 2.24) is 4.90 Å². The van der Waals surface area contributed by atoms with Gasteiger partial charge in [-0.05, 0) is 61.3 Å². The maximum atomic E-state index is 10.4. The molecule has 22 heavy (non-hydrogen) atoms. The number of likely N-dealkylation sites (tertiary alicyclic amines) is 1. The van der Waals surface area contributed by atoms with Gasteiger partial charge in [0.25, 0.3) is 0 Å². The zero-order valence-electron chi connectivity index (χ0n) is 15.0. The zero-order valence-corrected chi connectivity index (χ0v) is 15.0. The summed E-state index contributed by atoms with van der Waals surface area (Å²) >= 11 is 0. The lowest BCUT2D eigenvalue weighted by Crippen LogP contribution is -2.45. The van der Waals surface area contributed by atoms with Crippen molar-refractivity contribution in [3.05, 3.63) is 0 Å². The molecule has 3 fully saturated rings. The third kappa shape index (κ3) is 3.09. The number of rotatable bonds is 5. The number of hydrogen-bond acceptors (Lipinski definition) is 3. The number of aliphatic hydroxyl groups excluding tert-OH is 1. The van der Waals surface area contributed by atoms with E-state index in [0.717, 1.165) is 31.5 Å². The Kier molecular flexibility index (Phi) is 4.61. The van der Waals surface area contributed by atoms with Crippen LogP contribution in [-0.2, 0) is 4.74 Å². The van der Waals surface area contributed by atoms with Crippen LogP contribution in [0.1, 0.15) is 59.8 Å². The molecule has 128 valence electrons. The second-order valence-corrected chi connectivity index (χ2v) is 9.29. The minimum absolute atomic E-state index is 0.270. The molecule has 3 aliphatic rings. The van der Waals surface area contributed by atoms with Crippen molar-refractivity contribution < 1.29 is 9.84 Å². The first-order valence-corrected chi connectivity index (χ1v) is 9.33. The summed E-state index contributed by atoms with van der Waals surface area (Å²) in [7, 11) is 0. The second-order valence-electron chi connectivity index (χ2n) is 9.29. The molecule has 0 radical (unpaired) electrons. The first kappa shape index (κ1) is 16.7. The molecule has 0 spiro atoms. The van der Waals surface area contributed by atoms with Gasteiger partial charge < -0.3 is 14.7 Å². The summed E-state index contributed by atoms with van der Waals surface area (Å²) in [5, 5.41) is 10.4. The number of β-amino-alcohol motifs (C(OH)–C–C–N with tert-alkyl or cyclic N) is 1. The van der Waals surface area contributed by atoms with Crippen LogP contribution in [0.2, 0.25) is 0 Å². The Bertz CT molecular complexity index is 392. The summed E-state index contributed by atoms with van der Waals surface area (Å²) in [6, 6.07) is 0. The van der Waals surface area contributed by atoms with E-state index < -0.39 is 0 Å². The van der Waals surface area contributed by atoms with Gasteiger partial charge in [-0.25, -0.2) is 0 Å². The highest BCUT2D eigenvalue weighted by Crippen LogP contribution is 2.63. The van der Waals surface area contributed by atoms with E-state index in [2.05, 4.69) is 32.6 Å². The average Bonchev–Trinajstić information content (AvgIpc) is 2.89. The van der Waals surface area contributed by atoms with Gasteiger partial charge in [-0.1, -0.05) is 27.7 Å². The standard InChI is InChI=1S/C19H35NO2/c1-14-6-5-9-20(11-14)12-16(21)13-22-17-18(2,3)15-7-8-19(17,4)10-15/h14-17,21H,5-13H2,1-4H3/t14-,15+,16-,17-,19+/m1/s1. The molecule has 2 aliphatic carbocycles. The molecule has 1 heterocycles. The average molecular weight is 309 g/mol. The number of piperidine rings is 1. The molecule has 0 aromatic heterocycles. The van der Waals surface area contributed by atoms with Gasteiger partial charge in [-0.15, -0.1) is 0 Å². The lowest BCUT2D eigenvalue weighted by Gasteiger charge is -2.43. The van der Waals surface area contributed by atoms with E-state index in [9.17, 15) is 5.11 Å². The molecule has 3 heteroatoms. The smallest absolute Gasteiger partial charge is 0.0900 e. The topological polar surface area (TPSA) is 32.7 Å². The number of hydrogen-bond donors (Lipinski definition) is 1. The SMILES string of the molecule is C[C@@H]1CCCN(C[C@@H](O)CO[C@@H]2C(C)(C)[C@H]3CC[C@@]2(C)C3)C1. The predicted octanol–water partition coefficient (Wildman–Crippen LogP) is 3.31. The van der Waals surface area contributed by atoms with Gasteiger partial charge in [-0.3, -0.25) is 0 Å². The molecule has 3 nitrogen and oxygen atoms in total. The van der Waals surface area contributed by atoms with Crippen LogP contribution in [0.4, 0.5) is 0 Å². The Morgan fingerprint density at radius 1 is 1.27 bits per heavy atom. The van der Waals surface area contributed by atoms with Crippen molar-refractivity contribution in [3.63, 3.8) is 0 Å². The van der Waals surface area contributed by atoms with Crippen LogP contribution in [0, 0.1) is 22.7 Å². The minimum Gasteiger partial charge on any atom is -0.389 e. The van der Waals surface area contributed by atoms with Gasteiger partial charge in [0.2, 0.25) is 0 Å². The van der Waals surface area contributed by atoms with Crippen molar-refractivity contribution in [2.24, 2.45) is 22.7 Å². The fourth-order valence-corrected chi connectivity index (χ4v) is 5.68. The third-order valence-electron chi connectivity index (χ3n) is 6.80. The molecule has 2 bridgehead atoms. The lowest BCUT2D eigenvalue weighted by molar-refractivity contribution is -0.114. The van der Waals surface area contributed by atoms with E-state index in [0.29, 0.717) is 18.1 Å². The van der Waals surface area contributed by atoms with Gasteiger partial charge >= 0.3 is 0 Å². The molecule has 1 aliphatic heterocycles. The first-order valence-electron chi connectivity index (χ1n) is 9.33. The van der Waals surface area contributed by atoms with Crippen LogP contribution in [0.5, 0.6) is 0 Å². The van der Waals surface area contributed by atoms with Crippen LogP contribution in [-0.4, -0.2) is 48.5 Å². The number of nitrogens with zero attached hydrogens (tertiary/aromatic N) is 1. The lowest BCUT2D eigenvalue weighted by atomic mass is 9.70. The summed E-state index contributed by atoms with van der Waals surface area (Å²) in [6.07, 6.45) is 6.54. The third-order valence-corrected chi connectivity index (χ3v) is 6.80. The zero-order chi connectivity index (χ0) is 16.0.